The molecule has 0 radical (unpaired) electrons. The predicted molar refractivity (Wildman–Crippen MR) is 81.1 cm³/mol. The summed E-state index contributed by atoms with van der Waals surface area (Å²) in [7, 11) is 1.70. The second-order valence-electron chi connectivity index (χ2n) is 5.56. The van der Waals surface area contributed by atoms with Gasteiger partial charge in [0.05, 0.1) is 6.10 Å². The highest BCUT2D eigenvalue weighted by atomic mass is 16.3. The van der Waals surface area contributed by atoms with E-state index in [-0.39, 0.29) is 18.4 Å². The number of aliphatic hydroxyl groups excluding tert-OH is 1. The smallest absolute Gasteiger partial charge is 0.242 e. The lowest BCUT2D eigenvalue weighted by Gasteiger charge is -2.30. The molecule has 0 saturated carbocycles. The monoisotopic (exact) mass is 290 g/mol. The van der Waals surface area contributed by atoms with Crippen LogP contribution in [0, 0.1) is 0 Å². The number of fused-ring (bicyclic) bond motifs is 1. The molecule has 5 heteroatoms. The number of benzene rings is 1. The second-order valence-corrected chi connectivity index (χ2v) is 5.56. The van der Waals surface area contributed by atoms with Crippen LogP contribution in [0.4, 0.5) is 5.69 Å². The number of anilines is 1. The highest BCUT2D eigenvalue weighted by molar-refractivity contribution is 6.00. The first-order chi connectivity index (χ1) is 9.99. The molecule has 1 heterocycles. The van der Waals surface area contributed by atoms with E-state index in [1.165, 1.54) is 0 Å². The van der Waals surface area contributed by atoms with Crippen LogP contribution in [0.15, 0.2) is 24.3 Å². The van der Waals surface area contributed by atoms with Crippen molar-refractivity contribution in [2.45, 2.75) is 32.3 Å². The van der Waals surface area contributed by atoms with Crippen LogP contribution in [-0.4, -0.2) is 48.1 Å². The molecule has 1 unspecified atom stereocenters. The number of carbonyl (C=O) groups excluding carboxylic acids is 2. The number of aliphatic hydroxyl groups is 1. The maximum absolute atomic E-state index is 12.2. The third-order valence-corrected chi connectivity index (χ3v) is 3.79. The van der Waals surface area contributed by atoms with Gasteiger partial charge in [-0.25, -0.2) is 0 Å². The van der Waals surface area contributed by atoms with Crippen LogP contribution in [0.2, 0.25) is 0 Å². The third kappa shape index (κ3) is 3.82. The Morgan fingerprint density at radius 3 is 2.81 bits per heavy atom. The number of aryl methyl sites for hydroxylation is 1. The summed E-state index contributed by atoms with van der Waals surface area (Å²) in [5, 5.41) is 9.27. The van der Waals surface area contributed by atoms with Gasteiger partial charge in [-0.1, -0.05) is 18.2 Å². The zero-order valence-corrected chi connectivity index (χ0v) is 12.6. The first kappa shape index (κ1) is 15.5. The van der Waals surface area contributed by atoms with Gasteiger partial charge < -0.3 is 14.9 Å². The molecule has 0 bridgehead atoms. The molecular weight excluding hydrogens is 268 g/mol. The second kappa shape index (κ2) is 6.72. The van der Waals surface area contributed by atoms with E-state index in [4.69, 9.17) is 0 Å². The van der Waals surface area contributed by atoms with Crippen molar-refractivity contribution in [1.29, 1.82) is 0 Å². The van der Waals surface area contributed by atoms with Crippen LogP contribution >= 0.6 is 0 Å². The van der Waals surface area contributed by atoms with Gasteiger partial charge in [-0.2, -0.15) is 0 Å². The Bertz CT molecular complexity index is 528. The lowest BCUT2D eigenvalue weighted by Crippen LogP contribution is -2.44. The minimum Gasteiger partial charge on any atom is -0.393 e. The van der Waals surface area contributed by atoms with Gasteiger partial charge in [0.2, 0.25) is 11.8 Å². The quantitative estimate of drug-likeness (QED) is 0.886. The maximum Gasteiger partial charge on any atom is 0.242 e. The summed E-state index contributed by atoms with van der Waals surface area (Å²) >= 11 is 0. The van der Waals surface area contributed by atoms with E-state index in [1.807, 2.05) is 24.3 Å². The first-order valence-electron chi connectivity index (χ1n) is 7.29. The lowest BCUT2D eigenvalue weighted by molar-refractivity contribution is -0.130. The SMILES string of the molecule is CC(O)CCN(C)C(=O)CN1C(=O)CCc2ccccc21. The molecule has 0 spiro atoms. The summed E-state index contributed by atoms with van der Waals surface area (Å²) in [6.45, 7) is 2.25. The number of rotatable bonds is 5. The van der Waals surface area contributed by atoms with Crippen molar-refractivity contribution in [2.24, 2.45) is 0 Å². The molecule has 2 rings (SSSR count). The van der Waals surface area contributed by atoms with Crippen LogP contribution in [0.1, 0.15) is 25.3 Å². The number of likely N-dealkylation sites (N-methyl/N-ethyl adjacent to an activating group) is 1. The first-order valence-corrected chi connectivity index (χ1v) is 7.29. The molecular formula is C16H22N2O3. The van der Waals surface area contributed by atoms with Crippen molar-refractivity contribution in [3.05, 3.63) is 29.8 Å². The average molecular weight is 290 g/mol. The topological polar surface area (TPSA) is 60.9 Å². The van der Waals surface area contributed by atoms with Crippen molar-refractivity contribution >= 4 is 17.5 Å². The standard InChI is InChI=1S/C16H22N2O3/c1-12(19)9-10-17(2)16(21)11-18-14-6-4-3-5-13(14)7-8-15(18)20/h3-6,12,19H,7-11H2,1-2H3. The van der Waals surface area contributed by atoms with Crippen LogP contribution in [-0.2, 0) is 16.0 Å². The molecule has 0 aromatic heterocycles. The highest BCUT2D eigenvalue weighted by Crippen LogP contribution is 2.27. The summed E-state index contributed by atoms with van der Waals surface area (Å²) in [5.74, 6) is -0.119. The van der Waals surface area contributed by atoms with Crippen molar-refractivity contribution in [3.63, 3.8) is 0 Å². The Morgan fingerprint density at radius 1 is 1.38 bits per heavy atom. The van der Waals surface area contributed by atoms with Gasteiger partial charge in [0, 0.05) is 25.7 Å². The fourth-order valence-corrected chi connectivity index (χ4v) is 2.43. The van der Waals surface area contributed by atoms with Gasteiger partial charge in [0.15, 0.2) is 0 Å². The van der Waals surface area contributed by atoms with E-state index < -0.39 is 6.10 Å². The Labute approximate surface area is 125 Å². The number of carbonyl (C=O) groups is 2. The Kier molecular flexibility index (Phi) is 4.96. The van der Waals surface area contributed by atoms with Gasteiger partial charge >= 0.3 is 0 Å². The van der Waals surface area contributed by atoms with E-state index in [1.54, 1.807) is 23.8 Å². The summed E-state index contributed by atoms with van der Waals surface area (Å²) in [6, 6.07) is 7.71. The molecule has 1 aromatic carbocycles. The average Bonchev–Trinajstić information content (AvgIpc) is 2.47. The molecule has 1 aliphatic heterocycles. The Morgan fingerprint density at radius 2 is 2.10 bits per heavy atom. The van der Waals surface area contributed by atoms with E-state index >= 15 is 0 Å². The summed E-state index contributed by atoms with van der Waals surface area (Å²) < 4.78 is 0. The minimum absolute atomic E-state index is 0.00836. The highest BCUT2D eigenvalue weighted by Gasteiger charge is 2.26. The largest absolute Gasteiger partial charge is 0.393 e. The molecule has 0 saturated heterocycles. The molecule has 1 atom stereocenters. The summed E-state index contributed by atoms with van der Waals surface area (Å²) in [4.78, 5) is 27.5. The maximum atomic E-state index is 12.2. The molecule has 114 valence electrons. The number of hydrogen-bond donors (Lipinski definition) is 1. The van der Waals surface area contributed by atoms with Crippen LogP contribution < -0.4 is 4.90 Å². The van der Waals surface area contributed by atoms with E-state index in [0.29, 0.717) is 19.4 Å². The fraction of sp³-hybridized carbons (Fsp3) is 0.500. The zero-order valence-electron chi connectivity index (χ0n) is 12.6. The molecule has 1 N–H and O–H groups in total. The number of hydrogen-bond acceptors (Lipinski definition) is 3. The van der Waals surface area contributed by atoms with E-state index in [2.05, 4.69) is 0 Å². The number of para-hydroxylation sites is 1. The molecule has 1 aliphatic rings. The van der Waals surface area contributed by atoms with Gasteiger partial charge in [-0.15, -0.1) is 0 Å². The van der Waals surface area contributed by atoms with Crippen molar-refractivity contribution in [2.75, 3.05) is 25.0 Å². The Hall–Kier alpha value is -1.88. The van der Waals surface area contributed by atoms with Gasteiger partial charge in [-0.3, -0.25) is 9.59 Å². The van der Waals surface area contributed by atoms with Gasteiger partial charge in [0.1, 0.15) is 6.54 Å². The number of amides is 2. The number of nitrogens with zero attached hydrogens (tertiary/aromatic N) is 2. The van der Waals surface area contributed by atoms with E-state index in [0.717, 1.165) is 17.7 Å². The van der Waals surface area contributed by atoms with Crippen LogP contribution in [0.25, 0.3) is 0 Å². The van der Waals surface area contributed by atoms with Crippen molar-refractivity contribution < 1.29 is 14.7 Å². The minimum atomic E-state index is -0.433. The molecule has 21 heavy (non-hydrogen) atoms. The third-order valence-electron chi connectivity index (χ3n) is 3.79. The van der Waals surface area contributed by atoms with Crippen molar-refractivity contribution in [3.8, 4) is 0 Å². The van der Waals surface area contributed by atoms with Gasteiger partial charge in [0.25, 0.3) is 0 Å². The fourth-order valence-electron chi connectivity index (χ4n) is 2.43. The molecule has 0 aliphatic carbocycles. The normalized spacial score (nSPS) is 15.6. The molecule has 2 amide bonds. The lowest BCUT2D eigenvalue weighted by atomic mass is 10.0. The predicted octanol–water partition coefficient (Wildman–Crippen LogP) is 1.20. The van der Waals surface area contributed by atoms with Crippen LogP contribution in [0.5, 0.6) is 0 Å². The Balaban J connectivity index is 2.05. The summed E-state index contributed by atoms with van der Waals surface area (Å²) in [5.41, 5.74) is 1.95. The molecule has 1 aromatic rings. The molecule has 0 fully saturated rings. The zero-order chi connectivity index (χ0) is 15.4. The van der Waals surface area contributed by atoms with Crippen molar-refractivity contribution in [1.82, 2.24) is 4.90 Å². The summed E-state index contributed by atoms with van der Waals surface area (Å²) in [6.07, 6.45) is 1.28. The molecule has 5 nitrogen and oxygen atoms in total. The van der Waals surface area contributed by atoms with E-state index in [9.17, 15) is 14.7 Å². The van der Waals surface area contributed by atoms with Gasteiger partial charge in [-0.05, 0) is 31.4 Å². The van der Waals surface area contributed by atoms with Crippen LogP contribution in [0.3, 0.4) is 0 Å².